The quantitative estimate of drug-likeness (QED) is 0.603. The zero-order valence-electron chi connectivity index (χ0n) is 20.9. The third kappa shape index (κ3) is 3.81. The lowest BCUT2D eigenvalue weighted by molar-refractivity contribution is -0.140. The molecule has 0 aromatic carbocycles. The first-order chi connectivity index (χ1) is 17.8. The van der Waals surface area contributed by atoms with Gasteiger partial charge in [-0.15, -0.1) is 0 Å². The maximum absolute atomic E-state index is 13.2. The number of amides is 2. The Labute approximate surface area is 215 Å². The van der Waals surface area contributed by atoms with E-state index in [0.717, 1.165) is 19.0 Å². The third-order valence-corrected chi connectivity index (χ3v) is 9.23. The van der Waals surface area contributed by atoms with E-state index in [4.69, 9.17) is 0 Å². The van der Waals surface area contributed by atoms with Crippen molar-refractivity contribution in [3.05, 3.63) is 29.1 Å². The number of carbonyl (C=O) groups excluding carboxylic acids is 1. The molecule has 5 aliphatic rings. The number of aromatic nitrogens is 5. The zero-order chi connectivity index (χ0) is 26.7. The second-order valence-electron chi connectivity index (χ2n) is 12.4. The fourth-order valence-corrected chi connectivity index (χ4v) is 7.24. The Bertz CT molecular complexity index is 1250. The molecule has 2 aliphatic carbocycles. The van der Waals surface area contributed by atoms with Gasteiger partial charge < -0.3 is 9.80 Å². The van der Waals surface area contributed by atoms with E-state index < -0.39 is 17.7 Å². The van der Waals surface area contributed by atoms with Gasteiger partial charge in [0.25, 0.3) is 0 Å². The predicted molar refractivity (Wildman–Crippen MR) is 122 cm³/mol. The highest BCUT2D eigenvalue weighted by molar-refractivity contribution is 5.77. The summed E-state index contributed by atoms with van der Waals surface area (Å²) in [6, 6.07) is 0.0280. The maximum Gasteiger partial charge on any atom is 0.419 e. The number of carbonyl (C=O) groups is 1. The molecule has 2 amide bonds. The molecular weight excluding hydrogens is 511 g/mol. The Morgan fingerprint density at radius 3 is 2.24 bits per heavy atom. The highest BCUT2D eigenvalue weighted by Gasteiger charge is 2.59. The van der Waals surface area contributed by atoms with Gasteiger partial charge in [0.1, 0.15) is 5.82 Å². The number of nitrogens with one attached hydrogen (secondary N) is 1. The molecule has 14 heteroatoms. The van der Waals surface area contributed by atoms with Crippen LogP contribution in [0.1, 0.15) is 60.4 Å². The molecule has 0 bridgehead atoms. The van der Waals surface area contributed by atoms with E-state index in [1.165, 1.54) is 11.7 Å². The first-order valence-electron chi connectivity index (χ1n) is 13.0. The van der Waals surface area contributed by atoms with Gasteiger partial charge in [-0.25, -0.2) is 18.6 Å². The first-order valence-corrected chi connectivity index (χ1v) is 13.0. The number of hydrogen-bond donors (Lipinski definition) is 1. The molecule has 1 N–H and O–H groups in total. The largest absolute Gasteiger partial charge is 0.419 e. The van der Waals surface area contributed by atoms with E-state index in [1.54, 1.807) is 0 Å². The van der Waals surface area contributed by atoms with Gasteiger partial charge in [-0.3, -0.25) is 14.7 Å². The maximum atomic E-state index is 13.2. The summed E-state index contributed by atoms with van der Waals surface area (Å²) < 4.78 is 67.2. The molecule has 0 unspecified atom stereocenters. The van der Waals surface area contributed by atoms with Crippen molar-refractivity contribution in [2.75, 3.05) is 39.3 Å². The SMILES string of the molecule is Cn1ncc(C(F)(F)F)c1CN1CC2(C1)CN(C(=O)N1CC3(CC(c4n[nH]c(C5CC(F)(F)C5)n4)C3)C1)C2. The van der Waals surface area contributed by atoms with E-state index in [-0.39, 0.29) is 53.8 Å². The van der Waals surface area contributed by atoms with Gasteiger partial charge in [0.15, 0.2) is 5.82 Å². The Kier molecular flexibility index (Phi) is 4.90. The van der Waals surface area contributed by atoms with Crippen LogP contribution in [-0.2, 0) is 19.8 Å². The molecule has 0 radical (unpaired) electrons. The van der Waals surface area contributed by atoms with Crippen LogP contribution in [0.25, 0.3) is 0 Å². The number of hydrogen-bond acceptors (Lipinski definition) is 5. The lowest BCUT2D eigenvalue weighted by Gasteiger charge is -2.63. The summed E-state index contributed by atoms with van der Waals surface area (Å²) in [6.45, 7) is 4.19. The summed E-state index contributed by atoms with van der Waals surface area (Å²) in [7, 11) is 1.52. The smallest absolute Gasteiger partial charge is 0.323 e. The van der Waals surface area contributed by atoms with E-state index >= 15 is 0 Å². The monoisotopic (exact) mass is 540 g/mol. The van der Waals surface area contributed by atoms with Crippen LogP contribution in [0.15, 0.2) is 6.20 Å². The molecule has 5 heterocycles. The standard InChI is InChI=1S/C24H29F5N8O/c1-34-17(16(6-30-34)24(27,28)29)7-35-8-22(9-35)12-37(13-22)20(38)36-10-21(11-36)2-14(3-21)18-31-19(33-32-18)15-4-23(25,26)5-15/h6,14-15H,2-5,7-13H2,1H3,(H,31,32,33). The van der Waals surface area contributed by atoms with Gasteiger partial charge in [-0.1, -0.05) is 0 Å². The van der Waals surface area contributed by atoms with Crippen LogP contribution < -0.4 is 0 Å². The summed E-state index contributed by atoms with van der Waals surface area (Å²) in [5.41, 5.74) is -0.456. The summed E-state index contributed by atoms with van der Waals surface area (Å²) in [4.78, 5) is 23.1. The molecule has 9 nitrogen and oxygen atoms in total. The Morgan fingerprint density at radius 1 is 1.00 bits per heavy atom. The Morgan fingerprint density at radius 2 is 1.63 bits per heavy atom. The van der Waals surface area contributed by atoms with Crippen molar-refractivity contribution in [2.45, 2.75) is 56.2 Å². The van der Waals surface area contributed by atoms with Crippen LogP contribution in [-0.4, -0.2) is 90.9 Å². The van der Waals surface area contributed by atoms with Crippen LogP contribution in [0.3, 0.4) is 0 Å². The molecule has 7 rings (SSSR count). The molecule has 2 saturated carbocycles. The number of urea groups is 1. The van der Waals surface area contributed by atoms with Crippen molar-refractivity contribution in [3.8, 4) is 0 Å². The molecule has 2 spiro atoms. The molecule has 2 aromatic heterocycles. The Hall–Kier alpha value is -2.77. The summed E-state index contributed by atoms with van der Waals surface area (Å²) >= 11 is 0. The topological polar surface area (TPSA) is 86.2 Å². The van der Waals surface area contributed by atoms with Gasteiger partial charge in [0.2, 0.25) is 5.92 Å². The van der Waals surface area contributed by atoms with Crippen LogP contribution in [0.4, 0.5) is 26.7 Å². The lowest BCUT2D eigenvalue weighted by Crippen LogP contribution is -2.75. The highest BCUT2D eigenvalue weighted by Crippen LogP contribution is 2.56. The Balaban J connectivity index is 0.850. The van der Waals surface area contributed by atoms with Crippen molar-refractivity contribution in [3.63, 3.8) is 0 Å². The molecule has 38 heavy (non-hydrogen) atoms. The average Bonchev–Trinajstić information content (AvgIpc) is 3.31. The van der Waals surface area contributed by atoms with E-state index in [9.17, 15) is 26.7 Å². The molecule has 206 valence electrons. The van der Waals surface area contributed by atoms with Gasteiger partial charge in [0, 0.05) is 88.4 Å². The molecule has 3 saturated heterocycles. The number of nitrogens with zero attached hydrogens (tertiary/aromatic N) is 7. The summed E-state index contributed by atoms with van der Waals surface area (Å²) in [5, 5.41) is 10.9. The second-order valence-corrected chi connectivity index (χ2v) is 12.4. The lowest BCUT2D eigenvalue weighted by atomic mass is 9.57. The van der Waals surface area contributed by atoms with Crippen LogP contribution in [0, 0.1) is 10.8 Å². The molecule has 2 aromatic rings. The molecule has 0 atom stereocenters. The fourth-order valence-electron chi connectivity index (χ4n) is 7.24. The normalized spacial score (nSPS) is 26.1. The van der Waals surface area contributed by atoms with Crippen molar-refractivity contribution < 1.29 is 26.7 Å². The highest BCUT2D eigenvalue weighted by atomic mass is 19.4. The van der Waals surface area contributed by atoms with Crippen molar-refractivity contribution in [1.82, 2.24) is 39.7 Å². The van der Waals surface area contributed by atoms with Gasteiger partial charge >= 0.3 is 12.2 Å². The minimum absolute atomic E-state index is 0.0233. The number of H-pyrrole nitrogens is 1. The second kappa shape index (κ2) is 7.66. The minimum atomic E-state index is -4.42. The minimum Gasteiger partial charge on any atom is -0.323 e. The van der Waals surface area contributed by atoms with Gasteiger partial charge in [0.05, 0.1) is 17.5 Å². The summed E-state index contributed by atoms with van der Waals surface area (Å²) in [6.07, 6.45) is -2.11. The van der Waals surface area contributed by atoms with Crippen molar-refractivity contribution >= 4 is 6.03 Å². The fraction of sp³-hybridized carbons (Fsp3) is 0.750. The zero-order valence-corrected chi connectivity index (χ0v) is 20.9. The predicted octanol–water partition coefficient (Wildman–Crippen LogP) is 3.19. The molecule has 3 aliphatic heterocycles. The average molecular weight is 541 g/mol. The third-order valence-electron chi connectivity index (χ3n) is 9.23. The first kappa shape index (κ1) is 24.3. The number of aromatic amines is 1. The number of alkyl halides is 5. The van der Waals surface area contributed by atoms with Gasteiger partial charge in [-0.2, -0.15) is 23.4 Å². The molecule has 5 fully saturated rings. The molecular formula is C24H29F5N8O. The van der Waals surface area contributed by atoms with Crippen molar-refractivity contribution in [2.24, 2.45) is 17.9 Å². The van der Waals surface area contributed by atoms with Crippen molar-refractivity contribution in [1.29, 1.82) is 0 Å². The number of halogens is 5. The van der Waals surface area contributed by atoms with Crippen LogP contribution in [0.2, 0.25) is 0 Å². The summed E-state index contributed by atoms with van der Waals surface area (Å²) in [5.74, 6) is -1.39. The van der Waals surface area contributed by atoms with E-state index in [2.05, 4.69) is 20.3 Å². The number of aryl methyl sites for hydroxylation is 1. The van der Waals surface area contributed by atoms with Gasteiger partial charge in [-0.05, 0) is 12.8 Å². The van der Waals surface area contributed by atoms with E-state index in [1.807, 2.05) is 14.7 Å². The van der Waals surface area contributed by atoms with Crippen LogP contribution >= 0.6 is 0 Å². The number of likely N-dealkylation sites (tertiary alicyclic amines) is 3. The van der Waals surface area contributed by atoms with Crippen LogP contribution in [0.5, 0.6) is 0 Å². The number of rotatable bonds is 4. The van der Waals surface area contributed by atoms with E-state index in [0.29, 0.717) is 50.9 Å².